The highest BCUT2D eigenvalue weighted by Gasteiger charge is 2.15. The number of hydrogen-bond donors (Lipinski definition) is 1. The van der Waals surface area contributed by atoms with Crippen LogP contribution in [0.5, 0.6) is 0 Å². The van der Waals surface area contributed by atoms with Crippen LogP contribution in [0.1, 0.15) is 0 Å². The van der Waals surface area contributed by atoms with E-state index in [1.165, 1.54) is 0 Å². The van der Waals surface area contributed by atoms with Gasteiger partial charge in [0.2, 0.25) is 0 Å². The summed E-state index contributed by atoms with van der Waals surface area (Å²) < 4.78 is 0. The molecule has 0 atom stereocenters. The first-order valence-corrected chi connectivity index (χ1v) is 3.80. The Hall–Kier alpha value is -0.270. The van der Waals surface area contributed by atoms with Gasteiger partial charge in [-0.1, -0.05) is 47.5 Å². The van der Waals surface area contributed by atoms with Crippen molar-refractivity contribution in [2.45, 2.75) is 4.84 Å². The van der Waals surface area contributed by atoms with Gasteiger partial charge in [0, 0.05) is 5.92 Å². The van der Waals surface area contributed by atoms with E-state index >= 15 is 0 Å². The topological polar surface area (TPSA) is 23.9 Å². The maximum atomic E-state index is 7.37. The number of alkyl halides is 2. The number of halogens is 2. The number of nitrogens with one attached hydrogen (secondary N) is 1. The van der Waals surface area contributed by atoms with Crippen molar-refractivity contribution in [3.63, 3.8) is 0 Å². The van der Waals surface area contributed by atoms with E-state index in [1.54, 1.807) is 0 Å². The summed E-state index contributed by atoms with van der Waals surface area (Å²) in [5, 5.41) is 7.37. The first kappa shape index (κ1) is 7.83. The van der Waals surface area contributed by atoms with Crippen LogP contribution in [0.3, 0.4) is 0 Å². The second-order valence-corrected chi connectivity index (χ2v) is 3.15. The predicted molar refractivity (Wildman–Crippen MR) is 45.0 cm³/mol. The van der Waals surface area contributed by atoms with Gasteiger partial charge in [-0.05, 0) is 0 Å². The van der Waals surface area contributed by atoms with E-state index in [-0.39, 0.29) is 5.92 Å². The van der Waals surface area contributed by atoms with Crippen LogP contribution in [0.15, 0.2) is 24.3 Å². The zero-order valence-corrected chi connectivity index (χ0v) is 6.73. The summed E-state index contributed by atoms with van der Waals surface area (Å²) in [6, 6.07) is 0. The Morgan fingerprint density at radius 1 is 1.30 bits per heavy atom. The summed E-state index contributed by atoms with van der Waals surface area (Å²) in [7, 11) is 0. The molecule has 0 fully saturated rings. The lowest BCUT2D eigenvalue weighted by Gasteiger charge is -2.06. The first-order valence-electron chi connectivity index (χ1n) is 2.93. The van der Waals surface area contributed by atoms with Crippen molar-refractivity contribution in [1.82, 2.24) is 0 Å². The minimum Gasteiger partial charge on any atom is -0.306 e. The molecule has 0 heterocycles. The molecule has 54 valence electrons. The zero-order chi connectivity index (χ0) is 7.56. The predicted octanol–water partition coefficient (Wildman–Crippen LogP) is 2.55. The molecule has 0 aromatic carbocycles. The van der Waals surface area contributed by atoms with E-state index in [0.29, 0.717) is 5.71 Å². The van der Waals surface area contributed by atoms with Crippen LogP contribution in [-0.4, -0.2) is 10.5 Å². The molecule has 0 bridgehead atoms. The van der Waals surface area contributed by atoms with Gasteiger partial charge in [0.15, 0.2) is 0 Å². The van der Waals surface area contributed by atoms with Gasteiger partial charge in [-0.3, -0.25) is 0 Å². The molecule has 0 saturated heterocycles. The van der Waals surface area contributed by atoms with Crippen molar-refractivity contribution >= 4 is 28.9 Å². The van der Waals surface area contributed by atoms with Crippen molar-refractivity contribution in [2.75, 3.05) is 0 Å². The third kappa shape index (κ3) is 1.61. The highest BCUT2D eigenvalue weighted by Crippen LogP contribution is 2.17. The monoisotopic (exact) mass is 175 g/mol. The van der Waals surface area contributed by atoms with Crippen molar-refractivity contribution in [2.24, 2.45) is 5.92 Å². The second-order valence-electron chi connectivity index (χ2n) is 2.05. The molecule has 0 amide bonds. The first-order chi connectivity index (χ1) is 4.72. The summed E-state index contributed by atoms with van der Waals surface area (Å²) in [5.74, 6) is 0.0139. The minimum atomic E-state index is -0.683. The van der Waals surface area contributed by atoms with Crippen LogP contribution >= 0.6 is 23.2 Å². The fourth-order valence-electron chi connectivity index (χ4n) is 0.785. The van der Waals surface area contributed by atoms with Crippen LogP contribution < -0.4 is 0 Å². The average Bonchev–Trinajstić information content (AvgIpc) is 2.36. The summed E-state index contributed by atoms with van der Waals surface area (Å²) >= 11 is 11.0. The Kier molecular flexibility index (Phi) is 2.52. The van der Waals surface area contributed by atoms with E-state index in [2.05, 4.69) is 0 Å². The molecule has 1 N–H and O–H groups in total. The third-order valence-electron chi connectivity index (χ3n) is 1.34. The highest BCUT2D eigenvalue weighted by molar-refractivity contribution is 6.54. The Morgan fingerprint density at radius 2 is 1.80 bits per heavy atom. The largest absolute Gasteiger partial charge is 0.306 e. The fraction of sp³-hybridized carbons (Fsp3) is 0.286. The summed E-state index contributed by atoms with van der Waals surface area (Å²) in [4.78, 5) is -0.683. The molecule has 0 aliphatic heterocycles. The zero-order valence-electron chi connectivity index (χ0n) is 5.22. The molecule has 0 unspecified atom stereocenters. The Balaban J connectivity index is 2.58. The maximum absolute atomic E-state index is 7.37. The molecular weight excluding hydrogens is 169 g/mol. The smallest absolute Gasteiger partial charge is 0.145 e. The molecule has 1 nitrogen and oxygen atoms in total. The molecule has 1 aliphatic carbocycles. The summed E-state index contributed by atoms with van der Waals surface area (Å²) in [6.07, 6.45) is 7.55. The molecule has 0 spiro atoms. The van der Waals surface area contributed by atoms with Gasteiger partial charge < -0.3 is 5.41 Å². The number of hydrogen-bond acceptors (Lipinski definition) is 1. The third-order valence-corrected chi connectivity index (χ3v) is 1.81. The molecule has 3 heteroatoms. The van der Waals surface area contributed by atoms with E-state index in [9.17, 15) is 0 Å². The van der Waals surface area contributed by atoms with Gasteiger partial charge in [0.1, 0.15) is 4.84 Å². The van der Waals surface area contributed by atoms with Crippen molar-refractivity contribution in [3.05, 3.63) is 24.3 Å². The molecule has 0 saturated carbocycles. The normalized spacial score (nSPS) is 17.1. The minimum absolute atomic E-state index is 0.0139. The van der Waals surface area contributed by atoms with E-state index in [4.69, 9.17) is 28.6 Å². The van der Waals surface area contributed by atoms with E-state index < -0.39 is 4.84 Å². The SMILES string of the molecule is N=C(C(Cl)Cl)C1C=CC=C1. The summed E-state index contributed by atoms with van der Waals surface area (Å²) in [5.41, 5.74) is 0.341. The maximum Gasteiger partial charge on any atom is 0.145 e. The lowest BCUT2D eigenvalue weighted by Crippen LogP contribution is -2.14. The molecule has 1 rings (SSSR count). The van der Waals surface area contributed by atoms with Gasteiger partial charge >= 0.3 is 0 Å². The molecule has 0 aromatic rings. The van der Waals surface area contributed by atoms with Gasteiger partial charge in [-0.25, -0.2) is 0 Å². The molecule has 10 heavy (non-hydrogen) atoms. The average molecular weight is 176 g/mol. The number of allylic oxidation sites excluding steroid dienone is 4. The molecule has 0 aromatic heterocycles. The Labute approximate surface area is 69.8 Å². The van der Waals surface area contributed by atoms with E-state index in [1.807, 2.05) is 24.3 Å². The lowest BCUT2D eigenvalue weighted by atomic mass is 10.1. The van der Waals surface area contributed by atoms with Crippen LogP contribution in [0.25, 0.3) is 0 Å². The van der Waals surface area contributed by atoms with Crippen molar-refractivity contribution < 1.29 is 0 Å². The fourth-order valence-corrected chi connectivity index (χ4v) is 1.08. The van der Waals surface area contributed by atoms with Crippen LogP contribution in [0, 0.1) is 11.3 Å². The van der Waals surface area contributed by atoms with Crippen LogP contribution in [0.2, 0.25) is 0 Å². The standard InChI is InChI=1S/C7H7Cl2N/c8-7(9)6(10)5-3-1-2-4-5/h1-5,7,10H. The quantitative estimate of drug-likeness (QED) is 0.493. The highest BCUT2D eigenvalue weighted by atomic mass is 35.5. The van der Waals surface area contributed by atoms with Gasteiger partial charge in [-0.2, -0.15) is 0 Å². The van der Waals surface area contributed by atoms with Crippen molar-refractivity contribution in [3.8, 4) is 0 Å². The second kappa shape index (κ2) is 3.22. The summed E-state index contributed by atoms with van der Waals surface area (Å²) in [6.45, 7) is 0. The van der Waals surface area contributed by atoms with Crippen LogP contribution in [0.4, 0.5) is 0 Å². The molecule has 1 aliphatic rings. The molecule has 0 radical (unpaired) electrons. The Bertz CT molecular complexity index is 182. The Morgan fingerprint density at radius 3 is 2.20 bits per heavy atom. The van der Waals surface area contributed by atoms with Gasteiger partial charge in [0.05, 0.1) is 5.71 Å². The van der Waals surface area contributed by atoms with Gasteiger partial charge in [0.25, 0.3) is 0 Å². The van der Waals surface area contributed by atoms with Crippen molar-refractivity contribution in [1.29, 1.82) is 5.41 Å². The van der Waals surface area contributed by atoms with E-state index in [0.717, 1.165) is 0 Å². The molecular formula is C7H7Cl2N. The number of rotatable bonds is 2. The van der Waals surface area contributed by atoms with Gasteiger partial charge in [-0.15, -0.1) is 0 Å². The van der Waals surface area contributed by atoms with Crippen LogP contribution in [-0.2, 0) is 0 Å². The lowest BCUT2D eigenvalue weighted by molar-refractivity contribution is 1.11.